The highest BCUT2D eigenvalue weighted by Gasteiger charge is 2.14. The molecule has 3 aromatic heterocycles. The normalized spacial score (nSPS) is 11.3. The van der Waals surface area contributed by atoms with E-state index in [4.69, 9.17) is 9.47 Å². The van der Waals surface area contributed by atoms with Gasteiger partial charge in [0.05, 0.1) is 23.7 Å². The monoisotopic (exact) mass is 351 g/mol. The summed E-state index contributed by atoms with van der Waals surface area (Å²) in [6.07, 6.45) is 3.23. The average Bonchev–Trinajstić information content (AvgIpc) is 3.05. The van der Waals surface area contributed by atoms with E-state index >= 15 is 0 Å². The van der Waals surface area contributed by atoms with Crippen LogP contribution in [0.1, 0.15) is 11.4 Å². The number of methoxy groups -OCH3 is 2. The Balaban J connectivity index is 1.97. The number of hydrogen-bond acceptors (Lipinski definition) is 6. The van der Waals surface area contributed by atoms with Crippen LogP contribution in [0.15, 0.2) is 41.5 Å². The Labute approximate surface area is 148 Å². The van der Waals surface area contributed by atoms with Crippen molar-refractivity contribution in [3.63, 3.8) is 0 Å². The fourth-order valence-corrected chi connectivity index (χ4v) is 2.93. The van der Waals surface area contributed by atoms with Gasteiger partial charge in [0.1, 0.15) is 12.4 Å². The van der Waals surface area contributed by atoms with Gasteiger partial charge in [-0.15, -0.1) is 5.10 Å². The lowest BCUT2D eigenvalue weighted by atomic mass is 10.2. The molecule has 0 atom stereocenters. The summed E-state index contributed by atoms with van der Waals surface area (Å²) in [6.45, 7) is 2.25. The van der Waals surface area contributed by atoms with Gasteiger partial charge in [-0.25, -0.2) is 4.98 Å². The number of hydrogen-bond donors (Lipinski definition) is 0. The predicted molar refractivity (Wildman–Crippen MR) is 95.9 cm³/mol. The molecule has 0 amide bonds. The Hall–Kier alpha value is -3.26. The number of fused-ring (bicyclic) bond motifs is 3. The third-order valence-electron chi connectivity index (χ3n) is 4.15. The zero-order chi connectivity index (χ0) is 18.3. The van der Waals surface area contributed by atoms with Crippen LogP contribution < -0.4 is 10.3 Å². The molecule has 0 unspecified atom stereocenters. The van der Waals surface area contributed by atoms with Crippen LogP contribution in [0.5, 0.6) is 5.75 Å². The summed E-state index contributed by atoms with van der Waals surface area (Å²) < 4.78 is 13.6. The highest BCUT2D eigenvalue weighted by Crippen LogP contribution is 2.23. The number of ether oxygens (including phenoxy) is 2. The second kappa shape index (κ2) is 6.23. The molecular formula is C18H17N5O3. The molecule has 0 radical (unpaired) electrons. The van der Waals surface area contributed by atoms with Crippen LogP contribution in [0.25, 0.3) is 22.4 Å². The highest BCUT2D eigenvalue weighted by molar-refractivity contribution is 5.79. The third-order valence-corrected chi connectivity index (χ3v) is 4.15. The lowest BCUT2D eigenvalue weighted by Crippen LogP contribution is -2.19. The zero-order valence-corrected chi connectivity index (χ0v) is 14.6. The minimum Gasteiger partial charge on any atom is -0.495 e. The van der Waals surface area contributed by atoms with Crippen LogP contribution in [-0.2, 0) is 11.3 Å². The number of rotatable bonds is 4. The van der Waals surface area contributed by atoms with Crippen molar-refractivity contribution in [1.82, 2.24) is 24.1 Å². The molecule has 4 rings (SSSR count). The minimum absolute atomic E-state index is 0.204. The van der Waals surface area contributed by atoms with Crippen LogP contribution in [0.4, 0.5) is 0 Å². The number of nitrogens with zero attached hydrogens (tertiary/aromatic N) is 5. The van der Waals surface area contributed by atoms with Gasteiger partial charge in [-0.05, 0) is 30.7 Å². The summed E-state index contributed by atoms with van der Waals surface area (Å²) in [5, 5.41) is 4.81. The minimum atomic E-state index is -0.204. The van der Waals surface area contributed by atoms with E-state index in [2.05, 4.69) is 15.1 Å². The van der Waals surface area contributed by atoms with E-state index in [-0.39, 0.29) is 12.2 Å². The van der Waals surface area contributed by atoms with Crippen molar-refractivity contribution in [1.29, 1.82) is 0 Å². The third kappa shape index (κ3) is 2.51. The van der Waals surface area contributed by atoms with Crippen LogP contribution in [0, 0.1) is 6.92 Å². The molecule has 0 fully saturated rings. The van der Waals surface area contributed by atoms with Crippen molar-refractivity contribution in [3.8, 4) is 11.4 Å². The molecule has 4 aromatic rings. The lowest BCUT2D eigenvalue weighted by molar-refractivity contribution is 0.178. The molecule has 0 aliphatic heterocycles. The molecule has 0 aliphatic carbocycles. The molecule has 132 valence electrons. The van der Waals surface area contributed by atoms with Crippen LogP contribution >= 0.6 is 0 Å². The highest BCUT2D eigenvalue weighted by atomic mass is 16.5. The molecule has 0 saturated heterocycles. The smallest absolute Gasteiger partial charge is 0.266 e. The van der Waals surface area contributed by atoms with Crippen molar-refractivity contribution in [2.45, 2.75) is 13.5 Å². The van der Waals surface area contributed by atoms with Crippen molar-refractivity contribution in [2.75, 3.05) is 14.2 Å². The molecule has 0 spiro atoms. The standard InChI is InChI=1S/C18H17N5O3/c1-11-4-5-15(26-3)14(8-11)22-7-6-13-12(17(22)24)9-19-18-20-16(10-25-2)21-23(13)18/h4-9H,10H2,1-3H3. The quantitative estimate of drug-likeness (QED) is 0.558. The second-order valence-corrected chi connectivity index (χ2v) is 5.90. The Bertz CT molecular complexity index is 1180. The van der Waals surface area contributed by atoms with Crippen LogP contribution in [0.2, 0.25) is 0 Å². The summed E-state index contributed by atoms with van der Waals surface area (Å²) in [6, 6.07) is 7.51. The molecule has 1 aromatic carbocycles. The van der Waals surface area contributed by atoms with Gasteiger partial charge in [-0.1, -0.05) is 6.07 Å². The molecule has 0 aliphatic rings. The van der Waals surface area contributed by atoms with Crippen molar-refractivity contribution < 1.29 is 9.47 Å². The Kier molecular flexibility index (Phi) is 3.89. The largest absolute Gasteiger partial charge is 0.495 e. The Morgan fingerprint density at radius 2 is 2.04 bits per heavy atom. The van der Waals surface area contributed by atoms with E-state index < -0.39 is 0 Å². The lowest BCUT2D eigenvalue weighted by Gasteiger charge is -2.12. The first-order valence-electron chi connectivity index (χ1n) is 8.02. The first-order chi connectivity index (χ1) is 12.6. The van der Waals surface area contributed by atoms with Gasteiger partial charge in [0.25, 0.3) is 11.3 Å². The van der Waals surface area contributed by atoms with E-state index in [0.717, 1.165) is 5.56 Å². The Morgan fingerprint density at radius 1 is 1.19 bits per heavy atom. The van der Waals surface area contributed by atoms with E-state index in [1.54, 1.807) is 29.5 Å². The number of pyridine rings is 1. The average molecular weight is 351 g/mol. The van der Waals surface area contributed by atoms with E-state index in [1.807, 2.05) is 31.2 Å². The number of aromatic nitrogens is 5. The van der Waals surface area contributed by atoms with Gasteiger partial charge in [0, 0.05) is 19.5 Å². The van der Waals surface area contributed by atoms with Crippen LogP contribution in [-0.4, -0.2) is 38.4 Å². The van der Waals surface area contributed by atoms with E-state index in [9.17, 15) is 4.79 Å². The van der Waals surface area contributed by atoms with Crippen LogP contribution in [0.3, 0.4) is 0 Å². The van der Waals surface area contributed by atoms with Gasteiger partial charge in [0.15, 0.2) is 5.82 Å². The number of aryl methyl sites for hydroxylation is 1. The van der Waals surface area contributed by atoms with Gasteiger partial charge >= 0.3 is 0 Å². The van der Waals surface area contributed by atoms with Gasteiger partial charge in [-0.2, -0.15) is 9.50 Å². The molecule has 3 heterocycles. The summed E-state index contributed by atoms with van der Waals surface area (Å²) in [5.41, 5.74) is 2.14. The molecule has 8 nitrogen and oxygen atoms in total. The van der Waals surface area contributed by atoms with E-state index in [1.165, 1.54) is 6.20 Å². The molecule has 8 heteroatoms. The topological polar surface area (TPSA) is 83.5 Å². The van der Waals surface area contributed by atoms with Crippen molar-refractivity contribution in [2.24, 2.45) is 0 Å². The molecule has 0 bridgehead atoms. The molecule has 26 heavy (non-hydrogen) atoms. The summed E-state index contributed by atoms with van der Waals surface area (Å²) >= 11 is 0. The maximum Gasteiger partial charge on any atom is 0.266 e. The fraction of sp³-hybridized carbons (Fsp3) is 0.222. The zero-order valence-electron chi connectivity index (χ0n) is 14.6. The predicted octanol–water partition coefficient (Wildman–Crippen LogP) is 1.89. The molecular weight excluding hydrogens is 334 g/mol. The van der Waals surface area contributed by atoms with E-state index in [0.29, 0.717) is 33.9 Å². The summed E-state index contributed by atoms with van der Waals surface area (Å²) in [7, 11) is 3.16. The maximum atomic E-state index is 13.1. The summed E-state index contributed by atoms with van der Waals surface area (Å²) in [4.78, 5) is 21.6. The van der Waals surface area contributed by atoms with Gasteiger partial charge in [0.2, 0.25) is 0 Å². The second-order valence-electron chi connectivity index (χ2n) is 5.90. The first-order valence-corrected chi connectivity index (χ1v) is 8.02. The molecule has 0 saturated carbocycles. The summed E-state index contributed by atoms with van der Waals surface area (Å²) in [5.74, 6) is 1.56. The molecule has 0 N–H and O–H groups in total. The van der Waals surface area contributed by atoms with Crippen molar-refractivity contribution >= 4 is 16.7 Å². The van der Waals surface area contributed by atoms with Gasteiger partial charge < -0.3 is 9.47 Å². The van der Waals surface area contributed by atoms with Crippen molar-refractivity contribution in [3.05, 3.63) is 58.4 Å². The fourth-order valence-electron chi connectivity index (χ4n) is 2.93. The van der Waals surface area contributed by atoms with Gasteiger partial charge in [-0.3, -0.25) is 9.36 Å². The Morgan fingerprint density at radius 3 is 2.81 bits per heavy atom. The number of benzene rings is 1. The maximum absolute atomic E-state index is 13.1. The SMILES string of the molecule is COCc1nc2ncc3c(=O)n(-c4cc(C)ccc4OC)ccc3n2n1. The first kappa shape index (κ1) is 16.2.